The number of aromatic amines is 1. The van der Waals surface area contributed by atoms with Crippen LogP contribution < -0.4 is 10.9 Å². The minimum Gasteiger partial charge on any atom is -0.326 e. The first kappa shape index (κ1) is 31.3. The van der Waals surface area contributed by atoms with E-state index in [1.54, 1.807) is 23.3 Å². The van der Waals surface area contributed by atoms with E-state index < -0.39 is 41.3 Å². The molecule has 1 heterocycles. The Morgan fingerprint density at radius 1 is 0.976 bits per heavy atom. The Balaban J connectivity index is 1.57. The Kier molecular flexibility index (Phi) is 8.37. The minimum absolute atomic E-state index is 0.0574. The number of nitrogens with one attached hydrogen (secondary N) is 2. The monoisotopic (exact) mass is 593 g/mol. The van der Waals surface area contributed by atoms with E-state index in [1.807, 2.05) is 6.07 Å². The van der Waals surface area contributed by atoms with Gasteiger partial charge in [-0.2, -0.15) is 31.4 Å². The fraction of sp³-hybridized carbons (Fsp3) is 0.452. The average Bonchev–Trinajstić information content (AvgIpc) is 3.65. The average molecular weight is 594 g/mol. The van der Waals surface area contributed by atoms with Crippen molar-refractivity contribution < 1.29 is 31.1 Å². The van der Waals surface area contributed by atoms with Crippen LogP contribution in [0.1, 0.15) is 74.4 Å². The molecule has 2 aromatic carbocycles. The Bertz CT molecular complexity index is 1480. The van der Waals surface area contributed by atoms with Crippen molar-refractivity contribution >= 4 is 11.6 Å². The highest BCUT2D eigenvalue weighted by atomic mass is 19.4. The Hall–Kier alpha value is -3.63. The van der Waals surface area contributed by atoms with Crippen LogP contribution in [-0.4, -0.2) is 22.3 Å². The van der Waals surface area contributed by atoms with Crippen LogP contribution in [0.2, 0.25) is 0 Å². The molecule has 11 heteroatoms. The first-order valence-corrected chi connectivity index (χ1v) is 13.6. The number of carbonyl (C=O) groups excluding carboxylic acids is 1. The van der Waals surface area contributed by atoms with Crippen molar-refractivity contribution in [3.05, 3.63) is 92.9 Å². The molecule has 226 valence electrons. The molecule has 3 aromatic rings. The van der Waals surface area contributed by atoms with Gasteiger partial charge in [0.15, 0.2) is 5.69 Å². The van der Waals surface area contributed by atoms with E-state index in [0.29, 0.717) is 11.3 Å². The van der Waals surface area contributed by atoms with Gasteiger partial charge in [0.2, 0.25) is 5.91 Å². The van der Waals surface area contributed by atoms with E-state index in [4.69, 9.17) is 0 Å². The maximum Gasteiger partial charge on any atom is 0.435 e. The largest absolute Gasteiger partial charge is 0.435 e. The van der Waals surface area contributed by atoms with E-state index in [0.717, 1.165) is 37.8 Å². The molecular formula is C31H33F6N3O2. The van der Waals surface area contributed by atoms with Crippen molar-refractivity contribution in [2.45, 2.75) is 71.6 Å². The predicted molar refractivity (Wildman–Crippen MR) is 147 cm³/mol. The van der Waals surface area contributed by atoms with Crippen LogP contribution in [0, 0.1) is 16.7 Å². The molecule has 0 spiro atoms. The molecule has 1 aliphatic carbocycles. The molecule has 1 aromatic heterocycles. The summed E-state index contributed by atoms with van der Waals surface area (Å²) in [6.45, 7) is 7.48. The normalized spacial score (nSPS) is 16.5. The van der Waals surface area contributed by atoms with Gasteiger partial charge in [0.25, 0.3) is 5.56 Å². The number of nitrogens with zero attached hydrogens (tertiary/aromatic N) is 1. The number of H-pyrrole nitrogens is 1. The molecule has 4 rings (SSSR count). The molecule has 2 N–H and O–H groups in total. The number of anilines is 1. The lowest BCUT2D eigenvalue weighted by Gasteiger charge is -2.31. The molecule has 42 heavy (non-hydrogen) atoms. The van der Waals surface area contributed by atoms with Gasteiger partial charge < -0.3 is 5.32 Å². The van der Waals surface area contributed by atoms with Crippen molar-refractivity contribution in [2.75, 3.05) is 5.32 Å². The molecule has 1 aliphatic rings. The van der Waals surface area contributed by atoms with Gasteiger partial charge >= 0.3 is 12.4 Å². The van der Waals surface area contributed by atoms with Crippen LogP contribution in [0.15, 0.2) is 59.4 Å². The summed E-state index contributed by atoms with van der Waals surface area (Å²) in [4.78, 5) is 25.0. The van der Waals surface area contributed by atoms with E-state index in [2.05, 4.69) is 31.2 Å². The van der Waals surface area contributed by atoms with Crippen LogP contribution in [0.5, 0.6) is 0 Å². The summed E-state index contributed by atoms with van der Waals surface area (Å²) in [6, 6.07) is 13.2. The summed E-state index contributed by atoms with van der Waals surface area (Å²) >= 11 is 0. The molecule has 0 bridgehead atoms. The summed E-state index contributed by atoms with van der Waals surface area (Å²) in [5.41, 5.74) is -0.486. The first-order chi connectivity index (χ1) is 19.4. The zero-order chi connectivity index (χ0) is 31.1. The van der Waals surface area contributed by atoms with E-state index in [-0.39, 0.29) is 28.4 Å². The van der Waals surface area contributed by atoms with Gasteiger partial charge in [0.1, 0.15) is 0 Å². The second kappa shape index (κ2) is 11.2. The van der Waals surface area contributed by atoms with Crippen LogP contribution in [0.25, 0.3) is 0 Å². The van der Waals surface area contributed by atoms with Crippen molar-refractivity contribution in [1.29, 1.82) is 0 Å². The van der Waals surface area contributed by atoms with Gasteiger partial charge in [-0.25, -0.2) is 5.10 Å². The maximum absolute atomic E-state index is 13.9. The van der Waals surface area contributed by atoms with Gasteiger partial charge in [0.05, 0.1) is 11.8 Å². The molecule has 2 atom stereocenters. The Morgan fingerprint density at radius 2 is 1.62 bits per heavy atom. The number of aromatic nitrogens is 2. The van der Waals surface area contributed by atoms with E-state index >= 15 is 0 Å². The number of amides is 1. The molecule has 5 nitrogen and oxygen atoms in total. The SMILES string of the molecule is CC(C(C(=O)Nc1cccc(CC2(C(C)(C)C)CC2)c1)c1ccc(Cc2cc(=O)[nH]nc2C(F)(F)F)cc1)C(F)(F)F. The number of halogens is 6. The van der Waals surface area contributed by atoms with E-state index in [1.165, 1.54) is 24.3 Å². The Morgan fingerprint density at radius 3 is 2.17 bits per heavy atom. The standard InChI is InChI=1S/C31H33F6N3O2/c1-18(30(32,33)34)25(27(42)38-23-7-5-6-20(15-23)17-29(12-13-29)28(2,3)4)21-10-8-19(9-11-21)14-22-16-24(41)39-40-26(22)31(35,36)37/h5-11,15-16,18,25H,12-14,17H2,1-4H3,(H,38,42)(H,39,41). The smallest absolute Gasteiger partial charge is 0.326 e. The minimum atomic E-state index is -4.81. The number of alkyl halides is 6. The number of hydrogen-bond acceptors (Lipinski definition) is 3. The van der Waals surface area contributed by atoms with Crippen molar-refractivity contribution in [1.82, 2.24) is 10.2 Å². The third kappa shape index (κ3) is 7.04. The van der Waals surface area contributed by atoms with Gasteiger partial charge in [-0.15, -0.1) is 0 Å². The van der Waals surface area contributed by atoms with Crippen LogP contribution in [0.3, 0.4) is 0 Å². The van der Waals surface area contributed by atoms with Gasteiger partial charge in [0, 0.05) is 11.8 Å². The first-order valence-electron chi connectivity index (χ1n) is 13.6. The lowest BCUT2D eigenvalue weighted by molar-refractivity contribution is -0.178. The second-order valence-corrected chi connectivity index (χ2v) is 12.2. The molecule has 0 aliphatic heterocycles. The lowest BCUT2D eigenvalue weighted by Crippen LogP contribution is -2.34. The Labute approximate surface area is 239 Å². The third-order valence-corrected chi connectivity index (χ3v) is 8.37. The quantitative estimate of drug-likeness (QED) is 0.263. The predicted octanol–water partition coefficient (Wildman–Crippen LogP) is 7.67. The van der Waals surface area contributed by atoms with Gasteiger partial charge in [-0.3, -0.25) is 9.59 Å². The molecule has 1 saturated carbocycles. The zero-order valence-corrected chi connectivity index (χ0v) is 23.7. The van der Waals surface area contributed by atoms with Gasteiger partial charge in [-0.05, 0) is 70.9 Å². The number of rotatable bonds is 8. The van der Waals surface area contributed by atoms with Crippen molar-refractivity contribution in [3.8, 4) is 0 Å². The summed E-state index contributed by atoms with van der Waals surface area (Å²) < 4.78 is 81.7. The highest BCUT2D eigenvalue weighted by Gasteiger charge is 2.51. The number of benzene rings is 2. The van der Waals surface area contributed by atoms with E-state index in [9.17, 15) is 35.9 Å². The summed E-state index contributed by atoms with van der Waals surface area (Å²) in [7, 11) is 0. The van der Waals surface area contributed by atoms with Crippen LogP contribution in [-0.2, 0) is 23.8 Å². The molecule has 1 amide bonds. The summed E-state index contributed by atoms with van der Waals surface area (Å²) in [5, 5.41) is 7.52. The molecule has 0 saturated heterocycles. The molecule has 1 fully saturated rings. The summed E-state index contributed by atoms with van der Waals surface area (Å²) in [6.07, 6.45) is -6.87. The molecule has 0 radical (unpaired) electrons. The lowest BCUT2D eigenvalue weighted by atomic mass is 9.74. The van der Waals surface area contributed by atoms with Gasteiger partial charge in [-0.1, -0.05) is 64.1 Å². The number of hydrogen-bond donors (Lipinski definition) is 2. The second-order valence-electron chi connectivity index (χ2n) is 12.2. The highest BCUT2D eigenvalue weighted by molar-refractivity contribution is 5.96. The fourth-order valence-electron chi connectivity index (χ4n) is 5.45. The zero-order valence-electron chi connectivity index (χ0n) is 23.7. The highest BCUT2D eigenvalue weighted by Crippen LogP contribution is 2.60. The maximum atomic E-state index is 13.9. The number of carbonyl (C=O) groups is 1. The molecular weight excluding hydrogens is 560 g/mol. The third-order valence-electron chi connectivity index (χ3n) is 8.37. The van der Waals surface area contributed by atoms with Crippen LogP contribution >= 0.6 is 0 Å². The van der Waals surface area contributed by atoms with Crippen molar-refractivity contribution in [2.24, 2.45) is 16.7 Å². The summed E-state index contributed by atoms with van der Waals surface area (Å²) in [5.74, 6) is -4.50. The molecule has 2 unspecified atom stereocenters. The topological polar surface area (TPSA) is 74.8 Å². The van der Waals surface area contributed by atoms with Crippen LogP contribution in [0.4, 0.5) is 32.0 Å². The fourth-order valence-corrected chi connectivity index (χ4v) is 5.45. The van der Waals surface area contributed by atoms with Crippen molar-refractivity contribution in [3.63, 3.8) is 0 Å².